The molecule has 0 aliphatic carbocycles. The van der Waals surface area contributed by atoms with E-state index >= 15 is 0 Å². The van der Waals surface area contributed by atoms with Gasteiger partial charge < -0.3 is 14.8 Å². The lowest BCUT2D eigenvalue weighted by atomic mass is 9.88. The van der Waals surface area contributed by atoms with E-state index < -0.39 is 0 Å². The Bertz CT molecular complexity index is 400. The van der Waals surface area contributed by atoms with E-state index in [1.165, 1.54) is 0 Å². The summed E-state index contributed by atoms with van der Waals surface area (Å²) in [5.74, 6) is 1.17. The van der Waals surface area contributed by atoms with E-state index in [-0.39, 0.29) is 0 Å². The highest BCUT2D eigenvalue weighted by Crippen LogP contribution is 2.28. The maximum Gasteiger partial charge on any atom is 0.216 e. The Morgan fingerprint density at radius 2 is 2.37 bits per heavy atom. The van der Waals surface area contributed by atoms with Gasteiger partial charge in [-0.25, -0.2) is 9.97 Å². The van der Waals surface area contributed by atoms with Crippen molar-refractivity contribution < 1.29 is 9.47 Å². The van der Waals surface area contributed by atoms with Gasteiger partial charge in [-0.2, -0.15) is 0 Å². The first-order valence-corrected chi connectivity index (χ1v) is 6.92. The summed E-state index contributed by atoms with van der Waals surface area (Å²) >= 11 is 0. The molecule has 1 aliphatic heterocycles. The molecule has 0 amide bonds. The Hall–Kier alpha value is -1.20. The van der Waals surface area contributed by atoms with Crippen molar-refractivity contribution in [3.05, 3.63) is 18.1 Å². The van der Waals surface area contributed by atoms with Gasteiger partial charge in [-0.1, -0.05) is 6.92 Å². The number of aromatic nitrogens is 2. The summed E-state index contributed by atoms with van der Waals surface area (Å²) in [7, 11) is 3.63. The fourth-order valence-corrected chi connectivity index (χ4v) is 2.84. The molecule has 5 nitrogen and oxygen atoms in total. The van der Waals surface area contributed by atoms with E-state index in [9.17, 15) is 0 Å². The van der Waals surface area contributed by atoms with Crippen LogP contribution in [0.15, 0.2) is 12.4 Å². The Morgan fingerprint density at radius 3 is 3.05 bits per heavy atom. The predicted octanol–water partition coefficient (Wildman–Crippen LogP) is 1.43. The van der Waals surface area contributed by atoms with Crippen LogP contribution in [0.4, 0.5) is 0 Å². The lowest BCUT2D eigenvalue weighted by molar-refractivity contribution is 0.0782. The molecule has 1 aliphatic rings. The second kappa shape index (κ2) is 6.82. The van der Waals surface area contributed by atoms with Crippen molar-refractivity contribution in [2.75, 3.05) is 20.8 Å². The summed E-state index contributed by atoms with van der Waals surface area (Å²) in [5.41, 5.74) is 1.01. The Morgan fingerprint density at radius 1 is 1.53 bits per heavy atom. The fourth-order valence-electron chi connectivity index (χ4n) is 2.84. The molecule has 106 valence electrons. The molecule has 2 heterocycles. The Balaban J connectivity index is 2.05. The maximum absolute atomic E-state index is 5.78. The van der Waals surface area contributed by atoms with Gasteiger partial charge in [-0.15, -0.1) is 0 Å². The van der Waals surface area contributed by atoms with Crippen molar-refractivity contribution in [3.8, 4) is 5.88 Å². The number of nitrogens with one attached hydrogen (secondary N) is 1. The minimum atomic E-state index is 0.362. The number of methoxy groups -OCH3 is 1. The van der Waals surface area contributed by atoms with Crippen molar-refractivity contribution in [1.82, 2.24) is 15.3 Å². The summed E-state index contributed by atoms with van der Waals surface area (Å²) in [6, 6.07) is 2.29. The molecule has 0 saturated carbocycles. The van der Waals surface area contributed by atoms with Crippen LogP contribution in [0.2, 0.25) is 0 Å². The van der Waals surface area contributed by atoms with E-state index in [2.05, 4.69) is 22.2 Å². The minimum absolute atomic E-state index is 0.362. The molecule has 1 fully saturated rings. The maximum atomic E-state index is 5.78. The molecule has 3 atom stereocenters. The van der Waals surface area contributed by atoms with Gasteiger partial charge in [0.15, 0.2) is 0 Å². The molecule has 2 rings (SSSR count). The molecule has 5 heteroatoms. The van der Waals surface area contributed by atoms with Gasteiger partial charge in [0.2, 0.25) is 5.88 Å². The quantitative estimate of drug-likeness (QED) is 0.843. The zero-order valence-electron chi connectivity index (χ0n) is 11.9. The van der Waals surface area contributed by atoms with E-state index in [0.29, 0.717) is 23.9 Å². The van der Waals surface area contributed by atoms with Crippen LogP contribution in [0.5, 0.6) is 5.88 Å². The molecule has 0 aromatic carbocycles. The van der Waals surface area contributed by atoms with Crippen LogP contribution in [0, 0.1) is 5.92 Å². The third-order valence-corrected chi connectivity index (χ3v) is 3.89. The first kappa shape index (κ1) is 14.2. The predicted molar refractivity (Wildman–Crippen MR) is 73.3 cm³/mol. The van der Waals surface area contributed by atoms with Crippen molar-refractivity contribution in [2.24, 2.45) is 5.92 Å². The normalized spacial score (nSPS) is 24.4. The van der Waals surface area contributed by atoms with E-state index in [4.69, 9.17) is 9.47 Å². The average molecular weight is 265 g/mol. The first-order chi connectivity index (χ1) is 9.28. The highest BCUT2D eigenvalue weighted by atomic mass is 16.5. The smallest absolute Gasteiger partial charge is 0.216 e. The lowest BCUT2D eigenvalue weighted by Gasteiger charge is -2.26. The molecule has 1 aromatic rings. The molecule has 0 bridgehead atoms. The van der Waals surface area contributed by atoms with Crippen molar-refractivity contribution in [2.45, 2.75) is 38.3 Å². The number of ether oxygens (including phenoxy) is 2. The molecule has 19 heavy (non-hydrogen) atoms. The molecule has 3 unspecified atom stereocenters. The largest absolute Gasteiger partial charge is 0.481 e. The fraction of sp³-hybridized carbons (Fsp3) is 0.714. The average Bonchev–Trinajstić information content (AvgIpc) is 2.93. The van der Waals surface area contributed by atoms with Crippen LogP contribution in [-0.4, -0.2) is 42.9 Å². The van der Waals surface area contributed by atoms with Crippen LogP contribution in [0.25, 0.3) is 0 Å². The molecule has 0 radical (unpaired) electrons. The van der Waals surface area contributed by atoms with Gasteiger partial charge in [-0.05, 0) is 19.9 Å². The summed E-state index contributed by atoms with van der Waals surface area (Å²) in [5, 5.41) is 3.41. The molecule has 1 saturated heterocycles. The van der Waals surface area contributed by atoms with Crippen LogP contribution >= 0.6 is 0 Å². The van der Waals surface area contributed by atoms with E-state index in [0.717, 1.165) is 31.6 Å². The van der Waals surface area contributed by atoms with Crippen LogP contribution in [0.3, 0.4) is 0 Å². The number of rotatable bonds is 6. The van der Waals surface area contributed by atoms with Gasteiger partial charge >= 0.3 is 0 Å². The first-order valence-electron chi connectivity index (χ1n) is 6.92. The third kappa shape index (κ3) is 3.42. The van der Waals surface area contributed by atoms with E-state index in [1.54, 1.807) is 13.4 Å². The van der Waals surface area contributed by atoms with Crippen LogP contribution < -0.4 is 10.1 Å². The van der Waals surface area contributed by atoms with Gasteiger partial charge in [0, 0.05) is 36.7 Å². The van der Waals surface area contributed by atoms with Gasteiger partial charge in [0.05, 0.1) is 13.2 Å². The van der Waals surface area contributed by atoms with Crippen LogP contribution in [-0.2, 0) is 11.2 Å². The zero-order valence-corrected chi connectivity index (χ0v) is 11.9. The van der Waals surface area contributed by atoms with Gasteiger partial charge in [-0.3, -0.25) is 0 Å². The number of likely N-dealkylation sites (N-methyl/N-ethyl adjacent to an activating group) is 1. The molecule has 1 N–H and O–H groups in total. The zero-order chi connectivity index (χ0) is 13.7. The van der Waals surface area contributed by atoms with E-state index in [1.807, 2.05) is 13.1 Å². The lowest BCUT2D eigenvalue weighted by Crippen LogP contribution is -2.39. The Labute approximate surface area is 114 Å². The molecular formula is C14H23N3O2. The number of nitrogens with zero attached hydrogens (tertiary/aromatic N) is 2. The van der Waals surface area contributed by atoms with Crippen LogP contribution in [0.1, 0.15) is 25.5 Å². The topological polar surface area (TPSA) is 56.3 Å². The molecule has 0 spiro atoms. The second-order valence-electron chi connectivity index (χ2n) is 4.92. The number of hydrogen-bond acceptors (Lipinski definition) is 5. The third-order valence-electron chi connectivity index (χ3n) is 3.89. The summed E-state index contributed by atoms with van der Waals surface area (Å²) in [4.78, 5) is 8.37. The van der Waals surface area contributed by atoms with Crippen molar-refractivity contribution in [1.29, 1.82) is 0 Å². The minimum Gasteiger partial charge on any atom is -0.481 e. The standard InChI is InChI=1S/C14H23N3O2/c1-4-13-11(5-6-19-13)12(15-2)7-10-8-14(18-3)17-9-16-10/h8-9,11-13,15H,4-7H2,1-3H3. The SMILES string of the molecule is CCC1OCCC1C(Cc1cc(OC)ncn1)NC. The molecule has 1 aromatic heterocycles. The Kier molecular flexibility index (Phi) is 5.10. The highest BCUT2D eigenvalue weighted by molar-refractivity contribution is 5.14. The monoisotopic (exact) mass is 265 g/mol. The highest BCUT2D eigenvalue weighted by Gasteiger charge is 2.33. The summed E-state index contributed by atoms with van der Waals surface area (Å²) in [6.07, 6.45) is 4.98. The van der Waals surface area contributed by atoms with Crippen molar-refractivity contribution >= 4 is 0 Å². The second-order valence-corrected chi connectivity index (χ2v) is 4.92. The van der Waals surface area contributed by atoms with Crippen molar-refractivity contribution in [3.63, 3.8) is 0 Å². The summed E-state index contributed by atoms with van der Waals surface area (Å²) < 4.78 is 10.9. The van der Waals surface area contributed by atoms with Gasteiger partial charge in [0.1, 0.15) is 6.33 Å². The van der Waals surface area contributed by atoms with Gasteiger partial charge in [0.25, 0.3) is 0 Å². The molecular weight excluding hydrogens is 242 g/mol. The number of hydrogen-bond donors (Lipinski definition) is 1. The summed E-state index contributed by atoms with van der Waals surface area (Å²) in [6.45, 7) is 3.05.